The molecule has 1 N–H and O–H groups in total. The number of anilines is 1. The van der Waals surface area contributed by atoms with E-state index in [1.807, 2.05) is 18.2 Å². The Morgan fingerprint density at radius 3 is 2.65 bits per heavy atom. The van der Waals surface area contributed by atoms with Crippen LogP contribution >= 0.6 is 0 Å². The number of benzene rings is 2. The number of amides is 1. The molecule has 2 aromatic rings. The zero-order valence-corrected chi connectivity index (χ0v) is 15.1. The normalized spacial score (nSPS) is 13.5. The van der Waals surface area contributed by atoms with Crippen molar-refractivity contribution in [1.29, 1.82) is 0 Å². The van der Waals surface area contributed by atoms with Crippen LogP contribution in [0.3, 0.4) is 0 Å². The summed E-state index contributed by atoms with van der Waals surface area (Å²) in [4.78, 5) is 11.9. The lowest BCUT2D eigenvalue weighted by Crippen LogP contribution is -2.34. The number of fused-ring (bicyclic) bond motifs is 1. The molecule has 0 radical (unpaired) electrons. The Morgan fingerprint density at radius 2 is 1.85 bits per heavy atom. The average Bonchev–Trinajstić information content (AvgIpc) is 3.07. The van der Waals surface area contributed by atoms with Gasteiger partial charge < -0.3 is 5.32 Å². The molecule has 7 heteroatoms. The summed E-state index contributed by atoms with van der Waals surface area (Å²) in [5.74, 6) is -0.901. The molecule has 0 bridgehead atoms. The van der Waals surface area contributed by atoms with Crippen molar-refractivity contribution in [2.45, 2.75) is 19.3 Å². The first-order valence-electron chi connectivity index (χ1n) is 8.56. The van der Waals surface area contributed by atoms with Crippen molar-refractivity contribution in [3.05, 3.63) is 65.5 Å². The van der Waals surface area contributed by atoms with E-state index in [0.29, 0.717) is 30.6 Å². The monoisotopic (exact) mass is 376 g/mol. The van der Waals surface area contributed by atoms with E-state index in [4.69, 9.17) is 0 Å². The predicted octanol–water partition coefficient (Wildman–Crippen LogP) is 2.27. The van der Waals surface area contributed by atoms with E-state index in [-0.39, 0.29) is 30.4 Å². The van der Waals surface area contributed by atoms with Crippen LogP contribution in [0.1, 0.15) is 17.5 Å². The molecule has 0 unspecified atom stereocenters. The number of halogens is 1. The number of hydrogen-bond donors (Lipinski definition) is 1. The molecular formula is C19H21FN2O3S. The first-order valence-corrected chi connectivity index (χ1v) is 10.2. The van der Waals surface area contributed by atoms with Gasteiger partial charge in [-0.2, -0.15) is 0 Å². The molecule has 0 spiro atoms. The Morgan fingerprint density at radius 1 is 1.12 bits per heavy atom. The van der Waals surface area contributed by atoms with Gasteiger partial charge in [0, 0.05) is 19.5 Å². The fourth-order valence-electron chi connectivity index (χ4n) is 3.05. The Balaban J connectivity index is 1.49. The molecule has 0 saturated carbocycles. The third kappa shape index (κ3) is 4.22. The molecule has 5 nitrogen and oxygen atoms in total. The Labute approximate surface area is 152 Å². The summed E-state index contributed by atoms with van der Waals surface area (Å²) >= 11 is 0. The van der Waals surface area contributed by atoms with E-state index >= 15 is 0 Å². The minimum Gasteiger partial charge on any atom is -0.356 e. The van der Waals surface area contributed by atoms with Gasteiger partial charge in [0.05, 0.1) is 11.4 Å². The minimum absolute atomic E-state index is 0.113. The summed E-state index contributed by atoms with van der Waals surface area (Å²) in [6.45, 7) is 0.683. The van der Waals surface area contributed by atoms with Crippen molar-refractivity contribution in [3.63, 3.8) is 0 Å². The number of nitrogens with one attached hydrogen (secondary N) is 1. The lowest BCUT2D eigenvalue weighted by Gasteiger charge is -2.19. The van der Waals surface area contributed by atoms with Crippen molar-refractivity contribution in [3.8, 4) is 0 Å². The highest BCUT2D eigenvalue weighted by Gasteiger charge is 2.29. The van der Waals surface area contributed by atoms with Gasteiger partial charge in [0.25, 0.3) is 0 Å². The van der Waals surface area contributed by atoms with Gasteiger partial charge in [-0.15, -0.1) is 0 Å². The molecule has 0 fully saturated rings. The van der Waals surface area contributed by atoms with Gasteiger partial charge in [0.2, 0.25) is 15.9 Å². The van der Waals surface area contributed by atoms with E-state index in [1.54, 1.807) is 24.3 Å². The highest BCUT2D eigenvalue weighted by Crippen LogP contribution is 2.30. The molecular weight excluding hydrogens is 355 g/mol. The first-order chi connectivity index (χ1) is 12.5. The van der Waals surface area contributed by atoms with Crippen molar-refractivity contribution in [2.24, 2.45) is 0 Å². The molecule has 0 aromatic heterocycles. The Kier molecular flexibility index (Phi) is 5.56. The number of para-hydroxylation sites is 1. The van der Waals surface area contributed by atoms with Crippen molar-refractivity contribution >= 4 is 21.6 Å². The summed E-state index contributed by atoms with van der Waals surface area (Å²) in [5, 5.41) is 2.65. The number of rotatable bonds is 7. The van der Waals surface area contributed by atoms with Crippen LogP contribution in [0, 0.1) is 5.82 Å². The molecule has 0 saturated heterocycles. The molecule has 3 rings (SSSR count). The fourth-order valence-corrected chi connectivity index (χ4v) is 4.57. The molecule has 0 atom stereocenters. The molecule has 138 valence electrons. The zero-order valence-electron chi connectivity index (χ0n) is 14.3. The van der Waals surface area contributed by atoms with Crippen LogP contribution in [-0.2, 0) is 27.7 Å². The van der Waals surface area contributed by atoms with Crippen molar-refractivity contribution in [1.82, 2.24) is 5.32 Å². The van der Waals surface area contributed by atoms with Crippen molar-refractivity contribution in [2.75, 3.05) is 23.1 Å². The maximum Gasteiger partial charge on any atom is 0.235 e. The number of sulfonamides is 1. The van der Waals surface area contributed by atoms with Gasteiger partial charge in [-0.1, -0.05) is 36.4 Å². The molecule has 0 aliphatic carbocycles. The van der Waals surface area contributed by atoms with Crippen LogP contribution in [0.5, 0.6) is 0 Å². The highest BCUT2D eigenvalue weighted by molar-refractivity contribution is 7.92. The quantitative estimate of drug-likeness (QED) is 0.806. The lowest BCUT2D eigenvalue weighted by molar-refractivity contribution is -0.120. The van der Waals surface area contributed by atoms with Crippen molar-refractivity contribution < 1.29 is 17.6 Å². The van der Waals surface area contributed by atoms with Gasteiger partial charge in [0.15, 0.2) is 0 Å². The van der Waals surface area contributed by atoms with Crippen LogP contribution < -0.4 is 9.62 Å². The summed E-state index contributed by atoms with van der Waals surface area (Å²) in [6, 6.07) is 13.8. The van der Waals surface area contributed by atoms with Crippen LogP contribution in [0.15, 0.2) is 48.5 Å². The van der Waals surface area contributed by atoms with Gasteiger partial charge >= 0.3 is 0 Å². The Bertz CT molecular complexity index is 899. The van der Waals surface area contributed by atoms with E-state index in [9.17, 15) is 17.6 Å². The predicted molar refractivity (Wildman–Crippen MR) is 99.0 cm³/mol. The highest BCUT2D eigenvalue weighted by atomic mass is 32.2. The first kappa shape index (κ1) is 18.4. The van der Waals surface area contributed by atoms with Gasteiger partial charge in [-0.25, -0.2) is 12.8 Å². The smallest absolute Gasteiger partial charge is 0.235 e. The van der Waals surface area contributed by atoms with Crippen LogP contribution in [0.2, 0.25) is 0 Å². The van der Waals surface area contributed by atoms with Gasteiger partial charge in [0.1, 0.15) is 5.82 Å². The molecule has 26 heavy (non-hydrogen) atoms. The largest absolute Gasteiger partial charge is 0.356 e. The van der Waals surface area contributed by atoms with E-state index in [1.165, 1.54) is 10.4 Å². The summed E-state index contributed by atoms with van der Waals surface area (Å²) < 4.78 is 40.0. The SMILES string of the molecule is O=C(CCS(=O)(=O)N1CCc2ccccc21)NCCc1ccccc1F. The molecule has 1 aliphatic rings. The number of hydrogen-bond acceptors (Lipinski definition) is 3. The molecule has 1 heterocycles. The van der Waals surface area contributed by atoms with Gasteiger partial charge in [-0.3, -0.25) is 9.10 Å². The topological polar surface area (TPSA) is 66.5 Å². The lowest BCUT2D eigenvalue weighted by atomic mass is 10.1. The number of carbonyl (C=O) groups excluding carboxylic acids is 1. The molecule has 1 aliphatic heterocycles. The van der Waals surface area contributed by atoms with Gasteiger partial charge in [-0.05, 0) is 36.1 Å². The maximum atomic E-state index is 13.5. The second kappa shape index (κ2) is 7.86. The summed E-state index contributed by atoms with van der Waals surface area (Å²) in [5.41, 5.74) is 2.23. The average molecular weight is 376 g/mol. The van der Waals surface area contributed by atoms with Crippen LogP contribution in [0.25, 0.3) is 0 Å². The van der Waals surface area contributed by atoms with Crippen LogP contribution in [0.4, 0.5) is 10.1 Å². The molecule has 1 amide bonds. The minimum atomic E-state index is -3.54. The second-order valence-electron chi connectivity index (χ2n) is 6.21. The third-order valence-electron chi connectivity index (χ3n) is 4.44. The number of carbonyl (C=O) groups is 1. The summed E-state index contributed by atoms with van der Waals surface area (Å²) in [6.07, 6.45) is 0.938. The van der Waals surface area contributed by atoms with Crippen LogP contribution in [-0.4, -0.2) is 33.2 Å². The Hall–Kier alpha value is -2.41. The summed E-state index contributed by atoms with van der Waals surface area (Å²) in [7, 11) is -3.54. The fraction of sp³-hybridized carbons (Fsp3) is 0.316. The van der Waals surface area contributed by atoms with E-state index in [2.05, 4.69) is 5.32 Å². The van der Waals surface area contributed by atoms with E-state index < -0.39 is 10.0 Å². The molecule has 2 aromatic carbocycles. The maximum absolute atomic E-state index is 13.5. The number of nitrogens with zero attached hydrogens (tertiary/aromatic N) is 1. The standard InChI is InChI=1S/C19H21FN2O3S/c20-17-7-3-1-5-15(17)9-12-21-19(23)11-14-26(24,25)22-13-10-16-6-2-4-8-18(16)22/h1-8H,9-14H2,(H,21,23). The third-order valence-corrected chi connectivity index (χ3v) is 6.21. The second-order valence-corrected chi connectivity index (χ2v) is 8.22. The van der Waals surface area contributed by atoms with E-state index in [0.717, 1.165) is 5.56 Å². The zero-order chi connectivity index (χ0) is 18.6.